The zero-order chi connectivity index (χ0) is 15.1. The first-order valence-corrected chi connectivity index (χ1v) is 6.84. The minimum atomic E-state index is -0.611. The zero-order valence-electron chi connectivity index (χ0n) is 11.8. The van der Waals surface area contributed by atoms with E-state index < -0.39 is 6.17 Å². The molecule has 0 radical (unpaired) electrons. The number of rotatable bonds is 7. The Morgan fingerprint density at radius 3 is 1.76 bits per heavy atom. The molecule has 1 unspecified atom stereocenters. The summed E-state index contributed by atoms with van der Waals surface area (Å²) in [6.07, 6.45) is -0.611. The van der Waals surface area contributed by atoms with Crippen molar-refractivity contribution in [2.75, 3.05) is 6.54 Å². The summed E-state index contributed by atoms with van der Waals surface area (Å²) >= 11 is 0. The molecule has 1 atom stereocenters. The van der Waals surface area contributed by atoms with E-state index in [9.17, 15) is 10.1 Å². The van der Waals surface area contributed by atoms with Crippen LogP contribution in [-0.2, 0) is 13.1 Å². The molecule has 0 saturated heterocycles. The average molecular weight is 285 g/mol. The monoisotopic (exact) mass is 285 g/mol. The molecule has 0 bridgehead atoms. The fourth-order valence-electron chi connectivity index (χ4n) is 2.19. The summed E-state index contributed by atoms with van der Waals surface area (Å²) in [7, 11) is 0. The van der Waals surface area contributed by atoms with Crippen LogP contribution in [-0.4, -0.2) is 22.5 Å². The van der Waals surface area contributed by atoms with Crippen molar-refractivity contribution in [3.63, 3.8) is 0 Å². The third kappa shape index (κ3) is 4.98. The minimum Gasteiger partial charge on any atom is -0.310 e. The molecule has 5 heteroatoms. The quantitative estimate of drug-likeness (QED) is 0.481. The van der Waals surface area contributed by atoms with Gasteiger partial charge in [-0.3, -0.25) is 15.0 Å². The fourth-order valence-corrected chi connectivity index (χ4v) is 2.19. The van der Waals surface area contributed by atoms with Gasteiger partial charge in [0.2, 0.25) is 6.54 Å². The van der Waals surface area contributed by atoms with E-state index >= 15 is 0 Å². The van der Waals surface area contributed by atoms with Crippen molar-refractivity contribution in [3.8, 4) is 0 Å². The largest absolute Gasteiger partial charge is 0.310 e. The van der Waals surface area contributed by atoms with E-state index in [2.05, 4.69) is 0 Å². The summed E-state index contributed by atoms with van der Waals surface area (Å²) in [5, 5.41) is 10.7. The predicted molar refractivity (Wildman–Crippen MR) is 82.0 cm³/mol. The van der Waals surface area contributed by atoms with Crippen LogP contribution in [0.5, 0.6) is 0 Å². The SMILES string of the molecule is NC(C[N+](=O)[O-])N(Cc1ccccc1)Cc1ccccc1. The molecule has 0 amide bonds. The van der Waals surface area contributed by atoms with Crippen LogP contribution in [0.1, 0.15) is 11.1 Å². The van der Waals surface area contributed by atoms with Crippen molar-refractivity contribution in [1.82, 2.24) is 4.90 Å². The van der Waals surface area contributed by atoms with Crippen molar-refractivity contribution >= 4 is 0 Å². The summed E-state index contributed by atoms with van der Waals surface area (Å²) < 4.78 is 0. The normalized spacial score (nSPS) is 12.3. The van der Waals surface area contributed by atoms with Gasteiger partial charge in [0.15, 0.2) is 0 Å². The van der Waals surface area contributed by atoms with Gasteiger partial charge in [-0.05, 0) is 11.1 Å². The molecule has 2 aromatic carbocycles. The van der Waals surface area contributed by atoms with Gasteiger partial charge in [0.05, 0.1) is 0 Å². The van der Waals surface area contributed by atoms with Crippen molar-refractivity contribution < 1.29 is 4.92 Å². The van der Waals surface area contributed by atoms with Crippen LogP contribution in [0, 0.1) is 10.1 Å². The Labute approximate surface area is 124 Å². The highest BCUT2D eigenvalue weighted by Gasteiger charge is 2.19. The standard InChI is InChI=1S/C16H19N3O2/c17-16(13-19(20)21)18(11-14-7-3-1-4-8-14)12-15-9-5-2-6-10-15/h1-10,16H,11-13,17H2. The van der Waals surface area contributed by atoms with Gasteiger partial charge >= 0.3 is 0 Å². The fraction of sp³-hybridized carbons (Fsp3) is 0.250. The lowest BCUT2D eigenvalue weighted by Gasteiger charge is -2.26. The van der Waals surface area contributed by atoms with E-state index in [0.717, 1.165) is 11.1 Å². The first-order chi connectivity index (χ1) is 10.1. The van der Waals surface area contributed by atoms with Gasteiger partial charge < -0.3 is 5.73 Å². The number of nitrogens with two attached hydrogens (primary N) is 1. The lowest BCUT2D eigenvalue weighted by Crippen LogP contribution is -2.45. The highest BCUT2D eigenvalue weighted by atomic mass is 16.6. The Morgan fingerprint density at radius 2 is 1.38 bits per heavy atom. The molecule has 0 aromatic heterocycles. The van der Waals surface area contributed by atoms with Crippen LogP contribution >= 0.6 is 0 Å². The molecule has 0 heterocycles. The van der Waals surface area contributed by atoms with Crippen molar-refractivity contribution in [1.29, 1.82) is 0 Å². The second-order valence-electron chi connectivity index (χ2n) is 4.96. The van der Waals surface area contributed by atoms with Gasteiger partial charge in [-0.1, -0.05) is 60.7 Å². The molecule has 2 N–H and O–H groups in total. The lowest BCUT2D eigenvalue weighted by atomic mass is 10.1. The summed E-state index contributed by atoms with van der Waals surface area (Å²) in [6.45, 7) is 0.912. The molecule has 0 aliphatic heterocycles. The van der Waals surface area contributed by atoms with Gasteiger partial charge in [-0.2, -0.15) is 0 Å². The molecule has 2 rings (SSSR count). The first kappa shape index (κ1) is 15.2. The molecule has 0 aliphatic rings. The number of benzene rings is 2. The number of hydrogen-bond donors (Lipinski definition) is 1. The predicted octanol–water partition coefficient (Wildman–Crippen LogP) is 2.25. The van der Waals surface area contributed by atoms with Crippen molar-refractivity contribution in [2.45, 2.75) is 19.3 Å². The van der Waals surface area contributed by atoms with Crippen LogP contribution in [0.3, 0.4) is 0 Å². The third-order valence-corrected chi connectivity index (χ3v) is 3.26. The molecule has 21 heavy (non-hydrogen) atoms. The Bertz CT molecular complexity index is 519. The number of nitrogens with zero attached hydrogens (tertiary/aromatic N) is 2. The summed E-state index contributed by atoms with van der Waals surface area (Å²) in [5.41, 5.74) is 8.18. The third-order valence-electron chi connectivity index (χ3n) is 3.26. The summed E-state index contributed by atoms with van der Waals surface area (Å²) in [6, 6.07) is 19.7. The Kier molecular flexibility index (Phi) is 5.43. The number of hydrogen-bond acceptors (Lipinski definition) is 4. The molecule has 0 saturated carbocycles. The molecular weight excluding hydrogens is 266 g/mol. The van der Waals surface area contributed by atoms with E-state index in [1.54, 1.807) is 0 Å². The molecule has 110 valence electrons. The minimum absolute atomic E-state index is 0.264. The Balaban J connectivity index is 2.11. The Morgan fingerprint density at radius 1 is 0.952 bits per heavy atom. The van der Waals surface area contributed by atoms with Gasteiger partial charge in [0, 0.05) is 18.0 Å². The molecule has 2 aromatic rings. The van der Waals surface area contributed by atoms with Crippen LogP contribution in [0.25, 0.3) is 0 Å². The van der Waals surface area contributed by atoms with E-state index in [4.69, 9.17) is 5.73 Å². The maximum Gasteiger partial charge on any atom is 0.232 e. The highest BCUT2D eigenvalue weighted by molar-refractivity contribution is 5.17. The van der Waals surface area contributed by atoms with Crippen LogP contribution in [0.2, 0.25) is 0 Å². The van der Waals surface area contributed by atoms with Crippen LogP contribution in [0.4, 0.5) is 0 Å². The molecule has 0 fully saturated rings. The van der Waals surface area contributed by atoms with E-state index in [1.165, 1.54) is 0 Å². The van der Waals surface area contributed by atoms with Gasteiger partial charge in [0.25, 0.3) is 0 Å². The van der Waals surface area contributed by atoms with Gasteiger partial charge in [0.1, 0.15) is 6.17 Å². The maximum atomic E-state index is 10.7. The number of nitro groups is 1. The second kappa shape index (κ2) is 7.52. The van der Waals surface area contributed by atoms with E-state index in [1.807, 2.05) is 65.6 Å². The summed E-state index contributed by atoms with van der Waals surface area (Å²) in [5.74, 6) is 0. The van der Waals surface area contributed by atoms with Gasteiger partial charge in [-0.25, -0.2) is 0 Å². The first-order valence-electron chi connectivity index (χ1n) is 6.84. The van der Waals surface area contributed by atoms with E-state index in [0.29, 0.717) is 13.1 Å². The van der Waals surface area contributed by atoms with Crippen molar-refractivity contribution in [3.05, 3.63) is 81.9 Å². The molecule has 0 spiro atoms. The van der Waals surface area contributed by atoms with E-state index in [-0.39, 0.29) is 11.5 Å². The zero-order valence-corrected chi connectivity index (χ0v) is 11.8. The van der Waals surface area contributed by atoms with Crippen molar-refractivity contribution in [2.24, 2.45) is 5.73 Å². The topological polar surface area (TPSA) is 72.4 Å². The molecule has 5 nitrogen and oxygen atoms in total. The smallest absolute Gasteiger partial charge is 0.232 e. The highest BCUT2D eigenvalue weighted by Crippen LogP contribution is 2.11. The molecule has 0 aliphatic carbocycles. The van der Waals surface area contributed by atoms with Gasteiger partial charge in [-0.15, -0.1) is 0 Å². The second-order valence-corrected chi connectivity index (χ2v) is 4.96. The summed E-state index contributed by atoms with van der Waals surface area (Å²) in [4.78, 5) is 12.3. The lowest BCUT2D eigenvalue weighted by molar-refractivity contribution is -0.487. The average Bonchev–Trinajstić information content (AvgIpc) is 2.48. The van der Waals surface area contributed by atoms with Crippen LogP contribution < -0.4 is 5.73 Å². The molecular formula is C16H19N3O2. The maximum absolute atomic E-state index is 10.7. The Hall–Kier alpha value is -2.24. The van der Waals surface area contributed by atoms with Crippen LogP contribution in [0.15, 0.2) is 60.7 Å².